The predicted octanol–water partition coefficient (Wildman–Crippen LogP) is 0.0158. The number of aromatic amines is 1. The highest BCUT2D eigenvalue weighted by atomic mass is 16.5. The molecule has 0 saturated carbocycles. The Morgan fingerprint density at radius 1 is 1.82 bits per heavy atom. The van der Waals surface area contributed by atoms with Gasteiger partial charge in [0.1, 0.15) is 6.10 Å². The molecule has 1 aromatic heterocycles. The lowest BCUT2D eigenvalue weighted by molar-refractivity contribution is 0.000653. The number of aromatic nitrogens is 2. The molecule has 1 aliphatic rings. The summed E-state index contributed by atoms with van der Waals surface area (Å²) in [5, 5.41) is 15.6. The molecule has 0 radical (unpaired) electrons. The third-order valence-electron chi connectivity index (χ3n) is 1.93. The van der Waals surface area contributed by atoms with Crippen LogP contribution in [0.4, 0.5) is 0 Å². The SMILES string of the molecule is OCC1OCCc2cn[nH]c21. The smallest absolute Gasteiger partial charge is 0.122 e. The molecule has 60 valence electrons. The molecule has 0 bridgehead atoms. The van der Waals surface area contributed by atoms with Crippen LogP contribution in [-0.4, -0.2) is 28.5 Å². The summed E-state index contributed by atoms with van der Waals surface area (Å²) in [5.41, 5.74) is 2.09. The van der Waals surface area contributed by atoms with Crippen LogP contribution in [0.3, 0.4) is 0 Å². The molecule has 0 aromatic carbocycles. The second-order valence-electron chi connectivity index (χ2n) is 2.60. The van der Waals surface area contributed by atoms with Crippen LogP contribution in [0.15, 0.2) is 6.20 Å². The van der Waals surface area contributed by atoms with Gasteiger partial charge in [0.15, 0.2) is 0 Å². The third kappa shape index (κ3) is 1.04. The van der Waals surface area contributed by atoms with E-state index in [0.29, 0.717) is 6.61 Å². The van der Waals surface area contributed by atoms with Crippen molar-refractivity contribution in [2.45, 2.75) is 12.5 Å². The minimum absolute atomic E-state index is 0.0230. The second kappa shape index (κ2) is 2.64. The van der Waals surface area contributed by atoms with Crippen LogP contribution >= 0.6 is 0 Å². The number of hydrogen-bond acceptors (Lipinski definition) is 3. The zero-order chi connectivity index (χ0) is 7.68. The number of fused-ring (bicyclic) bond motifs is 1. The Morgan fingerprint density at radius 3 is 3.55 bits per heavy atom. The van der Waals surface area contributed by atoms with Crippen molar-refractivity contribution in [2.75, 3.05) is 13.2 Å². The number of aliphatic hydroxyl groups excluding tert-OH is 1. The Hall–Kier alpha value is -0.870. The first-order chi connectivity index (χ1) is 5.42. The molecule has 4 nitrogen and oxygen atoms in total. The molecule has 2 rings (SSSR count). The summed E-state index contributed by atoms with van der Waals surface area (Å²) >= 11 is 0. The van der Waals surface area contributed by atoms with Gasteiger partial charge >= 0.3 is 0 Å². The van der Waals surface area contributed by atoms with Crippen molar-refractivity contribution >= 4 is 0 Å². The lowest BCUT2D eigenvalue weighted by atomic mass is 10.1. The van der Waals surface area contributed by atoms with Crippen molar-refractivity contribution in [3.63, 3.8) is 0 Å². The van der Waals surface area contributed by atoms with Crippen molar-refractivity contribution < 1.29 is 9.84 Å². The van der Waals surface area contributed by atoms with Crippen LogP contribution in [-0.2, 0) is 11.2 Å². The van der Waals surface area contributed by atoms with Crippen molar-refractivity contribution in [1.82, 2.24) is 10.2 Å². The van der Waals surface area contributed by atoms with Crippen LogP contribution in [0.1, 0.15) is 17.4 Å². The van der Waals surface area contributed by atoms with E-state index in [1.807, 2.05) is 0 Å². The summed E-state index contributed by atoms with van der Waals surface area (Å²) in [7, 11) is 0. The second-order valence-corrected chi connectivity index (χ2v) is 2.60. The Kier molecular flexibility index (Phi) is 1.63. The molecule has 0 amide bonds. The molecule has 1 aliphatic heterocycles. The molecule has 1 aromatic rings. The van der Waals surface area contributed by atoms with E-state index >= 15 is 0 Å². The lowest BCUT2D eigenvalue weighted by Crippen LogP contribution is -2.18. The molecule has 1 atom stereocenters. The van der Waals surface area contributed by atoms with Gasteiger partial charge in [0, 0.05) is 0 Å². The Labute approximate surface area is 64.2 Å². The zero-order valence-corrected chi connectivity index (χ0v) is 6.08. The van der Waals surface area contributed by atoms with Gasteiger partial charge in [-0.3, -0.25) is 5.10 Å². The molecular formula is C7H10N2O2. The van der Waals surface area contributed by atoms with Gasteiger partial charge in [-0.1, -0.05) is 0 Å². The van der Waals surface area contributed by atoms with Gasteiger partial charge in [-0.25, -0.2) is 0 Å². The first-order valence-electron chi connectivity index (χ1n) is 3.66. The van der Waals surface area contributed by atoms with Crippen LogP contribution in [0.5, 0.6) is 0 Å². The number of rotatable bonds is 1. The van der Waals surface area contributed by atoms with E-state index in [4.69, 9.17) is 9.84 Å². The summed E-state index contributed by atoms with van der Waals surface area (Å²) in [4.78, 5) is 0. The van der Waals surface area contributed by atoms with E-state index in [9.17, 15) is 0 Å². The first-order valence-corrected chi connectivity index (χ1v) is 3.66. The molecule has 2 N–H and O–H groups in total. The fourth-order valence-corrected chi connectivity index (χ4v) is 1.34. The number of nitrogens with one attached hydrogen (secondary N) is 1. The van der Waals surface area contributed by atoms with Gasteiger partial charge in [0.05, 0.1) is 25.1 Å². The molecular weight excluding hydrogens is 144 g/mol. The van der Waals surface area contributed by atoms with E-state index in [-0.39, 0.29) is 12.7 Å². The van der Waals surface area contributed by atoms with E-state index in [1.54, 1.807) is 6.20 Å². The Bertz CT molecular complexity index is 246. The van der Waals surface area contributed by atoms with Gasteiger partial charge in [0.2, 0.25) is 0 Å². The third-order valence-corrected chi connectivity index (χ3v) is 1.93. The van der Waals surface area contributed by atoms with E-state index in [1.165, 1.54) is 0 Å². The van der Waals surface area contributed by atoms with E-state index in [0.717, 1.165) is 17.7 Å². The van der Waals surface area contributed by atoms with Crippen molar-refractivity contribution in [1.29, 1.82) is 0 Å². The zero-order valence-electron chi connectivity index (χ0n) is 6.08. The molecule has 4 heteroatoms. The normalized spacial score (nSPS) is 23.2. The maximum atomic E-state index is 8.88. The minimum Gasteiger partial charge on any atom is -0.393 e. The Balaban J connectivity index is 2.32. The number of ether oxygens (including phenoxy) is 1. The van der Waals surface area contributed by atoms with Crippen LogP contribution < -0.4 is 0 Å². The highest BCUT2D eigenvalue weighted by Gasteiger charge is 2.21. The summed E-state index contributed by atoms with van der Waals surface area (Å²) in [6, 6.07) is 0. The van der Waals surface area contributed by atoms with Gasteiger partial charge < -0.3 is 9.84 Å². The minimum atomic E-state index is -0.193. The van der Waals surface area contributed by atoms with Gasteiger partial charge in [-0.2, -0.15) is 5.10 Å². The highest BCUT2D eigenvalue weighted by molar-refractivity contribution is 5.20. The number of hydrogen-bond donors (Lipinski definition) is 2. The van der Waals surface area contributed by atoms with Crippen molar-refractivity contribution in [2.24, 2.45) is 0 Å². The quantitative estimate of drug-likeness (QED) is 0.599. The molecule has 0 fully saturated rings. The maximum absolute atomic E-state index is 8.88. The van der Waals surface area contributed by atoms with E-state index < -0.39 is 0 Å². The molecule has 0 spiro atoms. The average Bonchev–Trinajstić information content (AvgIpc) is 2.50. The summed E-state index contributed by atoms with van der Waals surface area (Å²) in [6.45, 7) is 0.701. The average molecular weight is 154 g/mol. The van der Waals surface area contributed by atoms with Crippen molar-refractivity contribution in [3.05, 3.63) is 17.5 Å². The van der Waals surface area contributed by atoms with Gasteiger partial charge in [-0.05, 0) is 12.0 Å². The monoisotopic (exact) mass is 154 g/mol. The topological polar surface area (TPSA) is 58.1 Å². The largest absolute Gasteiger partial charge is 0.393 e. The number of nitrogens with zero attached hydrogens (tertiary/aromatic N) is 1. The predicted molar refractivity (Wildman–Crippen MR) is 38.1 cm³/mol. The number of aliphatic hydroxyl groups is 1. The fourth-order valence-electron chi connectivity index (χ4n) is 1.34. The summed E-state index contributed by atoms with van der Waals surface area (Å²) in [6.07, 6.45) is 2.49. The van der Waals surface area contributed by atoms with Gasteiger partial charge in [-0.15, -0.1) is 0 Å². The molecule has 2 heterocycles. The molecule has 1 unspecified atom stereocenters. The van der Waals surface area contributed by atoms with Crippen LogP contribution in [0.2, 0.25) is 0 Å². The fraction of sp³-hybridized carbons (Fsp3) is 0.571. The number of H-pyrrole nitrogens is 1. The highest BCUT2D eigenvalue weighted by Crippen LogP contribution is 2.23. The van der Waals surface area contributed by atoms with Crippen LogP contribution in [0, 0.1) is 0 Å². The van der Waals surface area contributed by atoms with Gasteiger partial charge in [0.25, 0.3) is 0 Å². The van der Waals surface area contributed by atoms with E-state index in [2.05, 4.69) is 10.2 Å². The standard InChI is InChI=1S/C7H10N2O2/c10-4-6-7-5(1-2-11-6)3-8-9-7/h3,6,10H,1-2,4H2,(H,8,9). The molecule has 11 heavy (non-hydrogen) atoms. The summed E-state index contributed by atoms with van der Waals surface area (Å²) in [5.74, 6) is 0. The summed E-state index contributed by atoms with van der Waals surface area (Å²) < 4.78 is 5.29. The molecule has 0 aliphatic carbocycles. The first kappa shape index (κ1) is 6.82. The molecule has 0 saturated heterocycles. The maximum Gasteiger partial charge on any atom is 0.122 e. The Morgan fingerprint density at radius 2 is 2.73 bits per heavy atom. The van der Waals surface area contributed by atoms with Crippen LogP contribution in [0.25, 0.3) is 0 Å². The van der Waals surface area contributed by atoms with Crippen molar-refractivity contribution in [3.8, 4) is 0 Å². The lowest BCUT2D eigenvalue weighted by Gasteiger charge is -2.20.